The standard InChI is InChI=1S/C13H12ClFN2/c1-8-5-6-9(7-17-8)13(16)10-3-2-4-11(14)12(10)15/h2-7,13H,16H2,1H3. The number of aryl methyl sites for hydroxylation is 1. The maximum absolute atomic E-state index is 13.8. The first-order chi connectivity index (χ1) is 8.09. The summed E-state index contributed by atoms with van der Waals surface area (Å²) in [6.07, 6.45) is 1.65. The highest BCUT2D eigenvalue weighted by Gasteiger charge is 2.15. The van der Waals surface area contributed by atoms with E-state index in [1.165, 1.54) is 6.07 Å². The van der Waals surface area contributed by atoms with Gasteiger partial charge in [-0.2, -0.15) is 0 Å². The summed E-state index contributed by atoms with van der Waals surface area (Å²) in [5.74, 6) is -0.470. The number of nitrogens with zero attached hydrogens (tertiary/aromatic N) is 1. The minimum Gasteiger partial charge on any atom is -0.320 e. The van der Waals surface area contributed by atoms with E-state index in [1.807, 2.05) is 19.1 Å². The molecule has 0 radical (unpaired) electrons. The molecule has 0 fully saturated rings. The van der Waals surface area contributed by atoms with Crippen molar-refractivity contribution in [2.24, 2.45) is 5.73 Å². The van der Waals surface area contributed by atoms with Gasteiger partial charge in [-0.3, -0.25) is 4.98 Å². The highest BCUT2D eigenvalue weighted by Crippen LogP contribution is 2.26. The van der Waals surface area contributed by atoms with Crippen molar-refractivity contribution in [3.63, 3.8) is 0 Å². The number of nitrogens with two attached hydrogens (primary N) is 1. The molecule has 0 aliphatic carbocycles. The molecule has 2 N–H and O–H groups in total. The monoisotopic (exact) mass is 250 g/mol. The molecule has 0 bridgehead atoms. The molecule has 0 aliphatic rings. The van der Waals surface area contributed by atoms with E-state index in [2.05, 4.69) is 4.98 Å². The van der Waals surface area contributed by atoms with Crippen molar-refractivity contribution in [2.45, 2.75) is 13.0 Å². The second-order valence-corrected chi connectivity index (χ2v) is 4.26. The second-order valence-electron chi connectivity index (χ2n) is 3.85. The summed E-state index contributed by atoms with van der Waals surface area (Å²) in [4.78, 5) is 4.14. The van der Waals surface area contributed by atoms with Gasteiger partial charge in [-0.05, 0) is 24.6 Å². The third kappa shape index (κ3) is 2.46. The molecule has 0 spiro atoms. The highest BCUT2D eigenvalue weighted by molar-refractivity contribution is 6.30. The fourth-order valence-electron chi connectivity index (χ4n) is 1.60. The van der Waals surface area contributed by atoms with Crippen LogP contribution in [0.25, 0.3) is 0 Å². The zero-order valence-corrected chi connectivity index (χ0v) is 10.1. The van der Waals surface area contributed by atoms with Gasteiger partial charge < -0.3 is 5.73 Å². The number of aromatic nitrogens is 1. The van der Waals surface area contributed by atoms with Gasteiger partial charge in [0.2, 0.25) is 0 Å². The van der Waals surface area contributed by atoms with Crippen molar-refractivity contribution >= 4 is 11.6 Å². The van der Waals surface area contributed by atoms with Gasteiger partial charge >= 0.3 is 0 Å². The molecule has 1 aromatic heterocycles. The lowest BCUT2D eigenvalue weighted by atomic mass is 10.0. The molecule has 1 aromatic carbocycles. The van der Waals surface area contributed by atoms with Crippen molar-refractivity contribution in [1.29, 1.82) is 0 Å². The Morgan fingerprint density at radius 3 is 2.71 bits per heavy atom. The van der Waals surface area contributed by atoms with Crippen molar-refractivity contribution in [2.75, 3.05) is 0 Å². The first-order valence-corrected chi connectivity index (χ1v) is 5.59. The van der Waals surface area contributed by atoms with Crippen LogP contribution in [0.3, 0.4) is 0 Å². The zero-order valence-electron chi connectivity index (χ0n) is 9.32. The van der Waals surface area contributed by atoms with E-state index < -0.39 is 11.9 Å². The third-order valence-corrected chi connectivity index (χ3v) is 2.90. The molecule has 0 saturated heterocycles. The Morgan fingerprint density at radius 2 is 2.06 bits per heavy atom. The fraction of sp³-hybridized carbons (Fsp3) is 0.154. The molecule has 4 heteroatoms. The largest absolute Gasteiger partial charge is 0.320 e. The topological polar surface area (TPSA) is 38.9 Å². The predicted molar refractivity (Wildman–Crippen MR) is 66.4 cm³/mol. The third-order valence-electron chi connectivity index (χ3n) is 2.61. The lowest BCUT2D eigenvalue weighted by molar-refractivity contribution is 0.600. The van der Waals surface area contributed by atoms with E-state index >= 15 is 0 Å². The van der Waals surface area contributed by atoms with E-state index in [0.717, 1.165) is 11.3 Å². The second kappa shape index (κ2) is 4.82. The number of hydrogen-bond acceptors (Lipinski definition) is 2. The fourth-order valence-corrected chi connectivity index (χ4v) is 1.79. The Bertz CT molecular complexity index is 525. The molecule has 2 nitrogen and oxygen atoms in total. The maximum atomic E-state index is 13.8. The smallest absolute Gasteiger partial charge is 0.146 e. The van der Waals surface area contributed by atoms with Gasteiger partial charge in [-0.15, -0.1) is 0 Å². The Labute approximate surface area is 104 Å². The lowest BCUT2D eigenvalue weighted by Gasteiger charge is -2.13. The Kier molecular flexibility index (Phi) is 3.41. The quantitative estimate of drug-likeness (QED) is 0.889. The number of halogens is 2. The number of hydrogen-bond donors (Lipinski definition) is 1. The highest BCUT2D eigenvalue weighted by atomic mass is 35.5. The first kappa shape index (κ1) is 12.0. The van der Waals surface area contributed by atoms with Crippen LogP contribution in [0.4, 0.5) is 4.39 Å². The van der Waals surface area contributed by atoms with E-state index in [4.69, 9.17) is 17.3 Å². The minimum absolute atomic E-state index is 0.0815. The van der Waals surface area contributed by atoms with Crippen molar-refractivity contribution in [3.05, 3.63) is 64.2 Å². The Hall–Kier alpha value is -1.45. The summed E-state index contributed by atoms with van der Waals surface area (Å²) in [5.41, 5.74) is 8.03. The molecule has 0 amide bonds. The van der Waals surface area contributed by atoms with Gasteiger partial charge in [0.1, 0.15) is 5.82 Å². The molecule has 88 valence electrons. The van der Waals surface area contributed by atoms with Crippen LogP contribution < -0.4 is 5.73 Å². The number of benzene rings is 1. The van der Waals surface area contributed by atoms with Gasteiger partial charge in [0.05, 0.1) is 11.1 Å². The predicted octanol–water partition coefficient (Wildman–Crippen LogP) is 3.23. The van der Waals surface area contributed by atoms with Crippen LogP contribution in [0.1, 0.15) is 22.9 Å². The summed E-state index contributed by atoms with van der Waals surface area (Å²) in [6.45, 7) is 1.88. The molecule has 17 heavy (non-hydrogen) atoms. The van der Waals surface area contributed by atoms with Gasteiger partial charge in [0, 0.05) is 17.5 Å². The van der Waals surface area contributed by atoms with Crippen molar-refractivity contribution in [1.82, 2.24) is 4.98 Å². The molecule has 1 heterocycles. The Balaban J connectivity index is 2.40. The van der Waals surface area contributed by atoms with Crippen LogP contribution in [0.2, 0.25) is 5.02 Å². The normalized spacial score (nSPS) is 12.5. The SMILES string of the molecule is Cc1ccc(C(N)c2cccc(Cl)c2F)cn1. The lowest BCUT2D eigenvalue weighted by Crippen LogP contribution is -2.14. The number of pyridine rings is 1. The molecule has 1 unspecified atom stereocenters. The molecular weight excluding hydrogens is 239 g/mol. The summed E-state index contributed by atoms with van der Waals surface area (Å²) in [5, 5.41) is 0.0815. The van der Waals surface area contributed by atoms with Gasteiger partial charge in [0.15, 0.2) is 0 Å². The summed E-state index contributed by atoms with van der Waals surface area (Å²) in [6, 6.07) is 7.95. The van der Waals surface area contributed by atoms with Crippen molar-refractivity contribution < 1.29 is 4.39 Å². The van der Waals surface area contributed by atoms with Crippen LogP contribution >= 0.6 is 11.6 Å². The van der Waals surface area contributed by atoms with Crippen LogP contribution in [0, 0.1) is 12.7 Å². The molecular formula is C13H12ClFN2. The van der Waals surface area contributed by atoms with Crippen molar-refractivity contribution in [3.8, 4) is 0 Å². The first-order valence-electron chi connectivity index (χ1n) is 5.21. The van der Waals surface area contributed by atoms with E-state index in [-0.39, 0.29) is 5.02 Å². The minimum atomic E-state index is -0.554. The summed E-state index contributed by atoms with van der Waals surface area (Å²) < 4.78 is 13.8. The van der Waals surface area contributed by atoms with Gasteiger partial charge in [-0.1, -0.05) is 29.8 Å². The maximum Gasteiger partial charge on any atom is 0.146 e. The van der Waals surface area contributed by atoms with Crippen LogP contribution in [-0.4, -0.2) is 4.98 Å². The Morgan fingerprint density at radius 1 is 1.29 bits per heavy atom. The molecule has 2 aromatic rings. The van der Waals surface area contributed by atoms with Crippen LogP contribution in [0.15, 0.2) is 36.5 Å². The van der Waals surface area contributed by atoms with Crippen LogP contribution in [-0.2, 0) is 0 Å². The van der Waals surface area contributed by atoms with E-state index in [9.17, 15) is 4.39 Å². The van der Waals surface area contributed by atoms with Gasteiger partial charge in [-0.25, -0.2) is 4.39 Å². The average Bonchev–Trinajstić information content (AvgIpc) is 2.33. The molecule has 1 atom stereocenters. The summed E-state index contributed by atoms with van der Waals surface area (Å²) in [7, 11) is 0. The molecule has 0 saturated carbocycles. The average molecular weight is 251 g/mol. The zero-order chi connectivity index (χ0) is 12.4. The summed E-state index contributed by atoms with van der Waals surface area (Å²) >= 11 is 5.72. The molecule has 0 aliphatic heterocycles. The van der Waals surface area contributed by atoms with Gasteiger partial charge in [0.25, 0.3) is 0 Å². The van der Waals surface area contributed by atoms with E-state index in [1.54, 1.807) is 18.3 Å². The molecule has 2 rings (SSSR count). The number of rotatable bonds is 2. The van der Waals surface area contributed by atoms with Crippen LogP contribution in [0.5, 0.6) is 0 Å². The van der Waals surface area contributed by atoms with E-state index in [0.29, 0.717) is 5.56 Å².